The molecule has 0 N–H and O–H groups in total. The zero-order valence-corrected chi connectivity index (χ0v) is 8.97. The molecule has 78 valence electrons. The summed E-state index contributed by atoms with van der Waals surface area (Å²) in [6.07, 6.45) is 1.99. The molecule has 2 aromatic rings. The van der Waals surface area contributed by atoms with Crippen LogP contribution >= 0.6 is 0 Å². The molecule has 1 aromatic carbocycles. The van der Waals surface area contributed by atoms with Crippen LogP contribution in [0.4, 0.5) is 0 Å². The molecule has 0 aliphatic rings. The van der Waals surface area contributed by atoms with E-state index in [-0.39, 0.29) is 0 Å². The van der Waals surface area contributed by atoms with Gasteiger partial charge in [0.1, 0.15) is 5.75 Å². The molecule has 0 bridgehead atoms. The molecule has 0 saturated carbocycles. The Bertz CT molecular complexity index is 431. The fourth-order valence-corrected chi connectivity index (χ4v) is 1.47. The molecule has 3 nitrogen and oxygen atoms in total. The zero-order valence-electron chi connectivity index (χ0n) is 8.97. The Morgan fingerprint density at radius 1 is 1.20 bits per heavy atom. The molecule has 0 atom stereocenters. The summed E-state index contributed by atoms with van der Waals surface area (Å²) in [5.74, 6) is 0.885. The third-order valence-corrected chi connectivity index (χ3v) is 2.28. The van der Waals surface area contributed by atoms with Crippen molar-refractivity contribution in [2.75, 3.05) is 7.11 Å². The van der Waals surface area contributed by atoms with Crippen LogP contribution in [0.15, 0.2) is 36.5 Å². The molecule has 0 amide bonds. The Hall–Kier alpha value is -1.77. The Morgan fingerprint density at radius 2 is 1.93 bits per heavy atom. The summed E-state index contributed by atoms with van der Waals surface area (Å²) in [6.45, 7) is 2.79. The number of hydrogen-bond donors (Lipinski definition) is 0. The predicted molar refractivity (Wildman–Crippen MR) is 59.1 cm³/mol. The maximum atomic E-state index is 5.10. The van der Waals surface area contributed by atoms with Gasteiger partial charge in [-0.15, -0.1) is 0 Å². The first-order valence-corrected chi connectivity index (χ1v) is 4.91. The van der Waals surface area contributed by atoms with Gasteiger partial charge < -0.3 is 4.74 Å². The van der Waals surface area contributed by atoms with Gasteiger partial charge in [-0.05, 0) is 30.7 Å². The molecular formula is C12H14N2O. The molecule has 0 aliphatic heterocycles. The number of ether oxygens (including phenoxy) is 1. The lowest BCUT2D eigenvalue weighted by molar-refractivity contribution is 0.414. The average Bonchev–Trinajstić information content (AvgIpc) is 2.65. The van der Waals surface area contributed by atoms with Crippen molar-refractivity contribution in [1.29, 1.82) is 0 Å². The highest BCUT2D eigenvalue weighted by Crippen LogP contribution is 2.12. The number of nitrogens with zero attached hydrogens (tertiary/aromatic N) is 2. The van der Waals surface area contributed by atoms with Crippen LogP contribution in [0.25, 0.3) is 0 Å². The Labute approximate surface area is 89.3 Å². The van der Waals surface area contributed by atoms with Crippen LogP contribution in [0.3, 0.4) is 0 Å². The highest BCUT2D eigenvalue weighted by atomic mass is 16.5. The second-order valence-corrected chi connectivity index (χ2v) is 3.50. The Kier molecular flexibility index (Phi) is 2.72. The van der Waals surface area contributed by atoms with E-state index >= 15 is 0 Å². The fourth-order valence-electron chi connectivity index (χ4n) is 1.47. The largest absolute Gasteiger partial charge is 0.497 e. The number of hydrogen-bond acceptors (Lipinski definition) is 2. The van der Waals surface area contributed by atoms with Gasteiger partial charge in [-0.25, -0.2) is 0 Å². The van der Waals surface area contributed by atoms with E-state index in [1.807, 2.05) is 36.0 Å². The van der Waals surface area contributed by atoms with E-state index in [2.05, 4.69) is 17.2 Å². The standard InChI is InChI=1S/C12H14N2O/c1-10-7-8-14(13-10)9-11-3-5-12(15-2)6-4-11/h3-8H,9H2,1-2H3. The number of aryl methyl sites for hydroxylation is 1. The molecule has 0 radical (unpaired) electrons. The van der Waals surface area contributed by atoms with Crippen molar-refractivity contribution < 1.29 is 4.74 Å². The lowest BCUT2D eigenvalue weighted by atomic mass is 10.2. The van der Waals surface area contributed by atoms with Gasteiger partial charge in [0.25, 0.3) is 0 Å². The molecule has 3 heteroatoms. The van der Waals surface area contributed by atoms with E-state index in [1.165, 1.54) is 5.56 Å². The first-order chi connectivity index (χ1) is 7.28. The molecular weight excluding hydrogens is 188 g/mol. The topological polar surface area (TPSA) is 27.1 Å². The molecule has 1 heterocycles. The third kappa shape index (κ3) is 2.37. The summed E-state index contributed by atoms with van der Waals surface area (Å²) in [7, 11) is 1.67. The molecule has 0 fully saturated rings. The van der Waals surface area contributed by atoms with E-state index in [9.17, 15) is 0 Å². The predicted octanol–water partition coefficient (Wildman–Crippen LogP) is 2.25. The van der Waals surface area contributed by atoms with E-state index < -0.39 is 0 Å². The van der Waals surface area contributed by atoms with Gasteiger partial charge in [-0.1, -0.05) is 12.1 Å². The maximum Gasteiger partial charge on any atom is 0.118 e. The highest BCUT2D eigenvalue weighted by molar-refractivity contribution is 5.27. The smallest absolute Gasteiger partial charge is 0.118 e. The lowest BCUT2D eigenvalue weighted by Crippen LogP contribution is -2.00. The van der Waals surface area contributed by atoms with Gasteiger partial charge in [0.15, 0.2) is 0 Å². The molecule has 0 unspecified atom stereocenters. The number of aromatic nitrogens is 2. The molecule has 0 spiro atoms. The third-order valence-electron chi connectivity index (χ3n) is 2.28. The van der Waals surface area contributed by atoms with Crippen molar-refractivity contribution in [3.05, 3.63) is 47.8 Å². The van der Waals surface area contributed by atoms with Gasteiger partial charge in [0, 0.05) is 6.20 Å². The fraction of sp³-hybridized carbons (Fsp3) is 0.250. The molecule has 1 aromatic heterocycles. The van der Waals surface area contributed by atoms with Crippen molar-refractivity contribution in [3.8, 4) is 5.75 Å². The molecule has 0 saturated heterocycles. The van der Waals surface area contributed by atoms with Crippen LogP contribution in [-0.4, -0.2) is 16.9 Å². The van der Waals surface area contributed by atoms with E-state index in [0.29, 0.717) is 0 Å². The molecule has 2 rings (SSSR count). The lowest BCUT2D eigenvalue weighted by Gasteiger charge is -2.03. The second-order valence-electron chi connectivity index (χ2n) is 3.50. The summed E-state index contributed by atoms with van der Waals surface area (Å²) >= 11 is 0. The van der Waals surface area contributed by atoms with Crippen molar-refractivity contribution >= 4 is 0 Å². The second kappa shape index (κ2) is 4.17. The number of benzene rings is 1. The summed E-state index contributed by atoms with van der Waals surface area (Å²) in [5.41, 5.74) is 2.27. The van der Waals surface area contributed by atoms with Gasteiger partial charge in [0.2, 0.25) is 0 Å². The van der Waals surface area contributed by atoms with Crippen LogP contribution in [0, 0.1) is 6.92 Å². The van der Waals surface area contributed by atoms with Gasteiger partial charge >= 0.3 is 0 Å². The zero-order chi connectivity index (χ0) is 10.7. The Balaban J connectivity index is 2.11. The van der Waals surface area contributed by atoms with Crippen molar-refractivity contribution in [3.63, 3.8) is 0 Å². The SMILES string of the molecule is COc1ccc(Cn2ccc(C)n2)cc1. The first-order valence-electron chi connectivity index (χ1n) is 4.91. The van der Waals surface area contributed by atoms with Crippen molar-refractivity contribution in [2.45, 2.75) is 13.5 Å². The van der Waals surface area contributed by atoms with Crippen LogP contribution in [0.5, 0.6) is 5.75 Å². The highest BCUT2D eigenvalue weighted by Gasteiger charge is 1.97. The molecule has 15 heavy (non-hydrogen) atoms. The summed E-state index contributed by atoms with van der Waals surface area (Å²) in [5, 5.41) is 4.33. The van der Waals surface area contributed by atoms with Crippen LogP contribution < -0.4 is 4.74 Å². The van der Waals surface area contributed by atoms with Crippen LogP contribution in [0.2, 0.25) is 0 Å². The van der Waals surface area contributed by atoms with Crippen LogP contribution in [-0.2, 0) is 6.54 Å². The Morgan fingerprint density at radius 3 is 2.47 bits per heavy atom. The minimum Gasteiger partial charge on any atom is -0.497 e. The van der Waals surface area contributed by atoms with Gasteiger partial charge in [-0.3, -0.25) is 4.68 Å². The number of rotatable bonds is 3. The quantitative estimate of drug-likeness (QED) is 0.763. The minimum atomic E-state index is 0.803. The molecule has 0 aliphatic carbocycles. The summed E-state index contributed by atoms with van der Waals surface area (Å²) in [6, 6.07) is 10.0. The van der Waals surface area contributed by atoms with Crippen LogP contribution in [0.1, 0.15) is 11.3 Å². The first kappa shape index (κ1) is 9.77. The normalized spacial score (nSPS) is 10.3. The van der Waals surface area contributed by atoms with E-state index in [1.54, 1.807) is 7.11 Å². The summed E-state index contributed by atoms with van der Waals surface area (Å²) in [4.78, 5) is 0. The minimum absolute atomic E-state index is 0.803. The van der Waals surface area contributed by atoms with Gasteiger partial charge in [0.05, 0.1) is 19.3 Å². The van der Waals surface area contributed by atoms with Crippen molar-refractivity contribution in [2.24, 2.45) is 0 Å². The summed E-state index contributed by atoms with van der Waals surface area (Å²) < 4.78 is 7.03. The maximum absolute atomic E-state index is 5.10. The number of methoxy groups -OCH3 is 1. The van der Waals surface area contributed by atoms with E-state index in [4.69, 9.17) is 4.74 Å². The average molecular weight is 202 g/mol. The monoisotopic (exact) mass is 202 g/mol. The van der Waals surface area contributed by atoms with E-state index in [0.717, 1.165) is 18.0 Å². The van der Waals surface area contributed by atoms with Gasteiger partial charge in [-0.2, -0.15) is 5.10 Å². The van der Waals surface area contributed by atoms with Crippen molar-refractivity contribution in [1.82, 2.24) is 9.78 Å².